The largest absolute Gasteiger partial charge is 0.472 e. The average Bonchev–Trinajstić information content (AvgIpc) is 2.53. The highest BCUT2D eigenvalue weighted by Gasteiger charge is 2.11. The maximum Gasteiger partial charge on any atom is 0.254 e. The van der Waals surface area contributed by atoms with E-state index in [0.717, 1.165) is 0 Å². The van der Waals surface area contributed by atoms with Gasteiger partial charge in [-0.1, -0.05) is 0 Å². The molecule has 2 atom stereocenters. The highest BCUT2D eigenvalue weighted by Crippen LogP contribution is 2.02. The second kappa shape index (κ2) is 4.81. The lowest BCUT2D eigenvalue weighted by molar-refractivity contribution is 0.0922. The zero-order valence-corrected chi connectivity index (χ0v) is 8.36. The number of aliphatic hydroxyl groups excluding tert-OH is 1. The van der Waals surface area contributed by atoms with Crippen molar-refractivity contribution in [2.24, 2.45) is 0 Å². The van der Waals surface area contributed by atoms with Crippen molar-refractivity contribution in [1.29, 1.82) is 0 Å². The fraction of sp³-hybridized carbons (Fsp3) is 0.500. The van der Waals surface area contributed by atoms with Gasteiger partial charge in [-0.3, -0.25) is 4.79 Å². The molecule has 0 aliphatic carbocycles. The monoisotopic (exact) mass is 197 g/mol. The van der Waals surface area contributed by atoms with Crippen LogP contribution in [0.5, 0.6) is 0 Å². The number of carbonyl (C=O) groups excluding carboxylic acids is 1. The predicted molar refractivity (Wildman–Crippen MR) is 51.9 cm³/mol. The number of hydrogen-bond acceptors (Lipinski definition) is 3. The fourth-order valence-electron chi connectivity index (χ4n) is 1.27. The summed E-state index contributed by atoms with van der Waals surface area (Å²) in [5, 5.41) is 11.9. The van der Waals surface area contributed by atoms with Gasteiger partial charge in [-0.25, -0.2) is 0 Å². The molecular weight excluding hydrogens is 182 g/mol. The molecule has 0 bridgehead atoms. The van der Waals surface area contributed by atoms with Gasteiger partial charge in [-0.05, 0) is 26.3 Å². The fourth-order valence-corrected chi connectivity index (χ4v) is 1.27. The average molecular weight is 197 g/mol. The minimum Gasteiger partial charge on any atom is -0.472 e. The molecule has 0 saturated heterocycles. The number of hydrogen-bond donors (Lipinski definition) is 2. The van der Waals surface area contributed by atoms with E-state index < -0.39 is 6.10 Å². The van der Waals surface area contributed by atoms with Crippen molar-refractivity contribution in [2.45, 2.75) is 32.4 Å². The Morgan fingerprint density at radius 3 is 2.86 bits per heavy atom. The van der Waals surface area contributed by atoms with E-state index in [9.17, 15) is 4.79 Å². The number of rotatable bonds is 4. The van der Waals surface area contributed by atoms with E-state index in [4.69, 9.17) is 9.52 Å². The van der Waals surface area contributed by atoms with E-state index in [1.54, 1.807) is 13.0 Å². The third-order valence-electron chi connectivity index (χ3n) is 1.86. The molecule has 1 aromatic rings. The van der Waals surface area contributed by atoms with E-state index in [1.807, 2.05) is 6.92 Å². The zero-order valence-electron chi connectivity index (χ0n) is 8.36. The van der Waals surface area contributed by atoms with Gasteiger partial charge in [0.2, 0.25) is 0 Å². The van der Waals surface area contributed by atoms with E-state index >= 15 is 0 Å². The topological polar surface area (TPSA) is 62.5 Å². The van der Waals surface area contributed by atoms with Gasteiger partial charge in [0.1, 0.15) is 6.26 Å². The molecular formula is C10H15NO3. The molecule has 4 heteroatoms. The van der Waals surface area contributed by atoms with Crippen LogP contribution in [0.4, 0.5) is 0 Å². The molecule has 0 aliphatic rings. The third-order valence-corrected chi connectivity index (χ3v) is 1.86. The zero-order chi connectivity index (χ0) is 10.6. The van der Waals surface area contributed by atoms with Crippen molar-refractivity contribution in [3.63, 3.8) is 0 Å². The summed E-state index contributed by atoms with van der Waals surface area (Å²) in [6.07, 6.45) is 2.98. The van der Waals surface area contributed by atoms with Crippen molar-refractivity contribution < 1.29 is 14.3 Å². The number of aliphatic hydroxyl groups is 1. The van der Waals surface area contributed by atoms with E-state index in [-0.39, 0.29) is 11.9 Å². The van der Waals surface area contributed by atoms with Crippen molar-refractivity contribution in [3.05, 3.63) is 24.2 Å². The minimum absolute atomic E-state index is 0.0441. The van der Waals surface area contributed by atoms with E-state index in [2.05, 4.69) is 5.32 Å². The number of furan rings is 1. The van der Waals surface area contributed by atoms with Gasteiger partial charge in [-0.15, -0.1) is 0 Å². The first-order valence-corrected chi connectivity index (χ1v) is 4.60. The van der Waals surface area contributed by atoms with Crippen LogP contribution in [0.2, 0.25) is 0 Å². The Morgan fingerprint density at radius 2 is 2.36 bits per heavy atom. The van der Waals surface area contributed by atoms with E-state index in [1.165, 1.54) is 12.5 Å². The summed E-state index contributed by atoms with van der Waals surface area (Å²) in [6, 6.07) is 1.56. The number of carbonyl (C=O) groups is 1. The van der Waals surface area contributed by atoms with Crippen LogP contribution < -0.4 is 5.32 Å². The lowest BCUT2D eigenvalue weighted by atomic mass is 10.1. The molecule has 1 rings (SSSR count). The maximum atomic E-state index is 11.4. The molecule has 1 heterocycles. The first-order chi connectivity index (χ1) is 6.59. The van der Waals surface area contributed by atoms with Gasteiger partial charge in [0.15, 0.2) is 0 Å². The normalized spacial score (nSPS) is 14.8. The Hall–Kier alpha value is -1.29. The summed E-state index contributed by atoms with van der Waals surface area (Å²) < 4.78 is 4.79. The van der Waals surface area contributed by atoms with Crippen LogP contribution in [0, 0.1) is 0 Å². The van der Waals surface area contributed by atoms with Gasteiger partial charge in [0.05, 0.1) is 17.9 Å². The predicted octanol–water partition coefficient (Wildman–Crippen LogP) is 1.17. The lowest BCUT2D eigenvalue weighted by Gasteiger charge is -2.14. The SMILES string of the molecule is CC(O)CC(C)NC(=O)c1ccoc1. The second-order valence-electron chi connectivity index (χ2n) is 3.47. The quantitative estimate of drug-likeness (QED) is 0.761. The molecule has 0 aromatic carbocycles. The smallest absolute Gasteiger partial charge is 0.254 e. The summed E-state index contributed by atoms with van der Waals surface area (Å²) in [5.41, 5.74) is 0.502. The van der Waals surface area contributed by atoms with Crippen LogP contribution in [0.3, 0.4) is 0 Å². The van der Waals surface area contributed by atoms with Crippen LogP contribution in [0.1, 0.15) is 30.6 Å². The molecule has 0 radical (unpaired) electrons. The van der Waals surface area contributed by atoms with Gasteiger partial charge in [0.25, 0.3) is 5.91 Å². The van der Waals surface area contributed by atoms with Gasteiger partial charge in [0, 0.05) is 6.04 Å². The second-order valence-corrected chi connectivity index (χ2v) is 3.47. The van der Waals surface area contributed by atoms with Gasteiger partial charge < -0.3 is 14.8 Å². The third kappa shape index (κ3) is 3.22. The summed E-state index contributed by atoms with van der Waals surface area (Å²) in [6.45, 7) is 3.55. The van der Waals surface area contributed by atoms with Crippen LogP contribution in [0.15, 0.2) is 23.0 Å². The van der Waals surface area contributed by atoms with Crippen molar-refractivity contribution in [1.82, 2.24) is 5.32 Å². The molecule has 14 heavy (non-hydrogen) atoms. The minimum atomic E-state index is -0.408. The number of amides is 1. The molecule has 1 amide bonds. The first-order valence-electron chi connectivity index (χ1n) is 4.60. The summed E-state index contributed by atoms with van der Waals surface area (Å²) >= 11 is 0. The summed E-state index contributed by atoms with van der Waals surface area (Å²) in [5.74, 6) is -0.174. The van der Waals surface area contributed by atoms with Crippen LogP contribution in [-0.4, -0.2) is 23.2 Å². The Bertz CT molecular complexity index is 280. The van der Waals surface area contributed by atoms with Crippen LogP contribution in [0.25, 0.3) is 0 Å². The van der Waals surface area contributed by atoms with Gasteiger partial charge >= 0.3 is 0 Å². The molecule has 0 saturated carbocycles. The molecule has 2 unspecified atom stereocenters. The molecule has 0 aliphatic heterocycles. The molecule has 2 N–H and O–H groups in total. The number of nitrogens with one attached hydrogen (secondary N) is 1. The Labute approximate surface area is 82.9 Å². The molecule has 0 fully saturated rings. The van der Waals surface area contributed by atoms with Gasteiger partial charge in [-0.2, -0.15) is 0 Å². The first kappa shape index (κ1) is 10.8. The Balaban J connectivity index is 2.41. The Morgan fingerprint density at radius 1 is 1.64 bits per heavy atom. The molecule has 1 aromatic heterocycles. The van der Waals surface area contributed by atoms with Crippen molar-refractivity contribution in [2.75, 3.05) is 0 Å². The van der Waals surface area contributed by atoms with Crippen molar-refractivity contribution in [3.8, 4) is 0 Å². The Kier molecular flexibility index (Phi) is 3.71. The maximum absolute atomic E-state index is 11.4. The molecule has 4 nitrogen and oxygen atoms in total. The summed E-state index contributed by atoms with van der Waals surface area (Å²) in [4.78, 5) is 11.4. The standard InChI is InChI=1S/C10H15NO3/c1-7(5-8(2)12)11-10(13)9-3-4-14-6-9/h3-4,6-8,12H,5H2,1-2H3,(H,11,13). The van der Waals surface area contributed by atoms with Crippen molar-refractivity contribution >= 4 is 5.91 Å². The lowest BCUT2D eigenvalue weighted by Crippen LogP contribution is -2.34. The highest BCUT2D eigenvalue weighted by atomic mass is 16.3. The van der Waals surface area contributed by atoms with E-state index in [0.29, 0.717) is 12.0 Å². The summed E-state index contributed by atoms with van der Waals surface area (Å²) in [7, 11) is 0. The molecule has 78 valence electrons. The molecule has 0 spiro atoms. The van der Waals surface area contributed by atoms with Crippen LogP contribution >= 0.6 is 0 Å². The highest BCUT2D eigenvalue weighted by molar-refractivity contribution is 5.93. The van der Waals surface area contributed by atoms with Crippen LogP contribution in [-0.2, 0) is 0 Å².